The Labute approximate surface area is 199 Å². The summed E-state index contributed by atoms with van der Waals surface area (Å²) >= 11 is 0. The van der Waals surface area contributed by atoms with Crippen molar-refractivity contribution in [2.75, 3.05) is 0 Å². The minimum Gasteiger partial charge on any atom is -0.493 e. The molecular formula is C18H3F13MnN2O2. The van der Waals surface area contributed by atoms with E-state index < -0.39 is 97.5 Å². The first-order valence-corrected chi connectivity index (χ1v) is 8.41. The summed E-state index contributed by atoms with van der Waals surface area (Å²) in [5.74, 6) is -23.0. The topological polar surface area (TPSA) is 55.1 Å². The fourth-order valence-corrected chi connectivity index (χ4v) is 2.86. The van der Waals surface area contributed by atoms with E-state index in [1.165, 1.54) is 0 Å². The van der Waals surface area contributed by atoms with E-state index in [1.54, 1.807) is 0 Å². The number of rotatable bonds is 3. The van der Waals surface area contributed by atoms with Crippen LogP contribution in [0.1, 0.15) is 27.2 Å². The fourth-order valence-electron chi connectivity index (χ4n) is 2.86. The Balaban J connectivity index is 0.00000456. The third-order valence-electron chi connectivity index (χ3n) is 4.34. The van der Waals surface area contributed by atoms with Gasteiger partial charge in [-0.3, -0.25) is 4.79 Å². The monoisotopic (exact) mass is 581 g/mol. The Morgan fingerprint density at radius 3 is 1.58 bits per heavy atom. The number of hydrogen-bond donors (Lipinski definition) is 1. The van der Waals surface area contributed by atoms with Gasteiger partial charge < -0.3 is 5.11 Å². The van der Waals surface area contributed by atoms with Gasteiger partial charge in [0.25, 0.3) is 0 Å². The number of ketones is 1. The number of carbonyl (C=O) groups excluding carboxylic acids is 1. The standard InChI is InChI=1S/C18H3F13N2O2.Mn/c19-4-1-3(2-5(20)8(4)21)14(34)6-15(18(29,30)31)32-33(16(6)35)13-11(24)9(22)7(17(26,27)28)10(23)12(13)25;/h1-2,35H;. The molecule has 0 spiro atoms. The first kappa shape index (κ1) is 29.0. The van der Waals surface area contributed by atoms with Crippen molar-refractivity contribution >= 4 is 5.78 Å². The summed E-state index contributed by atoms with van der Waals surface area (Å²) in [5.41, 5.74) is -11.6. The first-order valence-electron chi connectivity index (χ1n) is 8.41. The second-order valence-electron chi connectivity index (χ2n) is 6.52. The number of hydrogen-bond acceptors (Lipinski definition) is 3. The van der Waals surface area contributed by atoms with Crippen LogP contribution in [0.3, 0.4) is 0 Å². The molecule has 0 aliphatic rings. The summed E-state index contributed by atoms with van der Waals surface area (Å²) in [5, 5.41) is 12.4. The van der Waals surface area contributed by atoms with Crippen LogP contribution >= 0.6 is 0 Å². The molecule has 0 aliphatic carbocycles. The van der Waals surface area contributed by atoms with E-state index in [0.29, 0.717) is 0 Å². The Morgan fingerprint density at radius 1 is 0.750 bits per heavy atom. The zero-order valence-corrected chi connectivity index (χ0v) is 17.4. The third kappa shape index (κ3) is 4.61. The van der Waals surface area contributed by atoms with E-state index in [-0.39, 0.29) is 29.2 Å². The third-order valence-corrected chi connectivity index (χ3v) is 4.34. The number of halogens is 13. The van der Waals surface area contributed by atoms with Gasteiger partial charge in [-0.25, -0.2) is 30.7 Å². The summed E-state index contributed by atoms with van der Waals surface area (Å²) < 4.78 is 174. The average Bonchev–Trinajstić information content (AvgIpc) is 3.06. The predicted octanol–water partition coefficient (Wildman–Crippen LogP) is 5.82. The Morgan fingerprint density at radius 2 is 1.19 bits per heavy atom. The smallest absolute Gasteiger partial charge is 0.436 e. The van der Waals surface area contributed by atoms with Crippen LogP contribution in [0.2, 0.25) is 0 Å². The van der Waals surface area contributed by atoms with Crippen molar-refractivity contribution in [1.82, 2.24) is 9.78 Å². The van der Waals surface area contributed by atoms with Crippen molar-refractivity contribution < 1.29 is 84.0 Å². The van der Waals surface area contributed by atoms with E-state index in [0.717, 1.165) is 0 Å². The van der Waals surface area contributed by atoms with Gasteiger partial charge in [0, 0.05) is 22.6 Å². The molecule has 0 saturated heterocycles. The largest absolute Gasteiger partial charge is 0.493 e. The van der Waals surface area contributed by atoms with Gasteiger partial charge in [0.15, 0.2) is 46.4 Å². The number of nitrogens with zero attached hydrogens (tertiary/aromatic N) is 2. The van der Waals surface area contributed by atoms with Crippen LogP contribution in [0.5, 0.6) is 5.88 Å². The molecule has 0 bridgehead atoms. The molecule has 0 amide bonds. The maximum absolute atomic E-state index is 14.3. The molecule has 36 heavy (non-hydrogen) atoms. The molecule has 1 heterocycles. The molecule has 0 atom stereocenters. The summed E-state index contributed by atoms with van der Waals surface area (Å²) in [7, 11) is 0. The predicted molar refractivity (Wildman–Crippen MR) is 84.8 cm³/mol. The Kier molecular flexibility index (Phi) is 7.49. The van der Waals surface area contributed by atoms with Crippen LogP contribution in [0, 0.1) is 40.7 Å². The van der Waals surface area contributed by atoms with Crippen molar-refractivity contribution in [2.24, 2.45) is 0 Å². The molecule has 1 N–H and O–H groups in total. The van der Waals surface area contributed by atoms with Crippen molar-refractivity contribution in [3.05, 3.63) is 75.2 Å². The summed E-state index contributed by atoms with van der Waals surface area (Å²) in [6, 6.07) is -0.257. The maximum atomic E-state index is 14.3. The van der Waals surface area contributed by atoms with Crippen LogP contribution in [0.15, 0.2) is 12.1 Å². The zero-order valence-electron chi connectivity index (χ0n) is 16.2. The van der Waals surface area contributed by atoms with Crippen molar-refractivity contribution in [2.45, 2.75) is 12.4 Å². The van der Waals surface area contributed by atoms with Crippen LogP contribution in [0.4, 0.5) is 57.1 Å². The van der Waals surface area contributed by atoms with Gasteiger partial charge in [0.2, 0.25) is 11.7 Å². The van der Waals surface area contributed by atoms with Gasteiger partial charge in [0.1, 0.15) is 16.8 Å². The minimum absolute atomic E-state index is 0. The van der Waals surface area contributed by atoms with E-state index in [1.807, 2.05) is 0 Å². The number of aromatic nitrogens is 2. The molecule has 1 aromatic heterocycles. The van der Waals surface area contributed by atoms with E-state index in [2.05, 4.69) is 5.10 Å². The summed E-state index contributed by atoms with van der Waals surface area (Å²) in [6.45, 7) is 0. The quantitative estimate of drug-likeness (QED) is 0.140. The van der Waals surface area contributed by atoms with Crippen molar-refractivity contribution in [1.29, 1.82) is 0 Å². The fraction of sp³-hybridized carbons (Fsp3) is 0.111. The van der Waals surface area contributed by atoms with Gasteiger partial charge in [0.05, 0.1) is 0 Å². The number of aromatic hydroxyl groups is 1. The zero-order chi connectivity index (χ0) is 26.8. The second kappa shape index (κ2) is 9.31. The van der Waals surface area contributed by atoms with Gasteiger partial charge in [-0.2, -0.15) is 36.1 Å². The molecule has 18 heteroatoms. The van der Waals surface area contributed by atoms with E-state index in [9.17, 15) is 67.0 Å². The molecule has 2 aromatic carbocycles. The molecule has 195 valence electrons. The first-order chi connectivity index (χ1) is 15.9. The molecule has 0 saturated carbocycles. The second-order valence-corrected chi connectivity index (χ2v) is 6.52. The normalized spacial score (nSPS) is 12.0. The van der Waals surface area contributed by atoms with Crippen LogP contribution < -0.4 is 0 Å². The van der Waals surface area contributed by atoms with Gasteiger partial charge >= 0.3 is 12.4 Å². The van der Waals surface area contributed by atoms with E-state index in [4.69, 9.17) is 0 Å². The molecule has 0 aliphatic heterocycles. The molecule has 4 nitrogen and oxygen atoms in total. The maximum Gasteiger partial charge on any atom is 0.436 e. The number of alkyl halides is 6. The minimum atomic E-state index is -6.02. The Bertz CT molecular complexity index is 1330. The average molecular weight is 581 g/mol. The van der Waals surface area contributed by atoms with Gasteiger partial charge in [-0.15, -0.1) is 0 Å². The van der Waals surface area contributed by atoms with Gasteiger partial charge in [-0.1, -0.05) is 0 Å². The molecule has 3 aromatic rings. The molecule has 1 radical (unpaired) electrons. The van der Waals surface area contributed by atoms with Gasteiger partial charge in [-0.05, 0) is 12.1 Å². The number of benzene rings is 2. The van der Waals surface area contributed by atoms with Crippen LogP contribution in [-0.4, -0.2) is 20.7 Å². The molecule has 3 rings (SSSR count). The number of carbonyl (C=O) groups is 1. The van der Waals surface area contributed by atoms with Crippen LogP contribution in [0.25, 0.3) is 5.69 Å². The van der Waals surface area contributed by atoms with Crippen molar-refractivity contribution in [3.63, 3.8) is 0 Å². The molecule has 0 unspecified atom stereocenters. The van der Waals surface area contributed by atoms with E-state index >= 15 is 0 Å². The van der Waals surface area contributed by atoms with Crippen molar-refractivity contribution in [3.8, 4) is 11.6 Å². The molecule has 0 fully saturated rings. The SMILES string of the molecule is O=C(c1cc(F)c(F)c(F)c1)c1c(C(F)(F)F)nn(-c2c(F)c(F)c(C(F)(F)F)c(F)c2F)c1O.[Mn]. The summed E-state index contributed by atoms with van der Waals surface area (Å²) in [4.78, 5) is 12.4. The Hall–Kier alpha value is -3.27. The molecular weight excluding hydrogens is 578 g/mol. The summed E-state index contributed by atoms with van der Waals surface area (Å²) in [6.07, 6.45) is -11.8. The van der Waals surface area contributed by atoms with Crippen LogP contribution in [-0.2, 0) is 29.4 Å².